The lowest BCUT2D eigenvalue weighted by Gasteiger charge is -2.11. The molecule has 1 saturated carbocycles. The molecule has 0 saturated heterocycles. The number of hydrogen-bond donors (Lipinski definition) is 2. The summed E-state index contributed by atoms with van der Waals surface area (Å²) >= 11 is 0. The van der Waals surface area contributed by atoms with Gasteiger partial charge in [-0.05, 0) is 36.5 Å². The Hall–Kier alpha value is -1.32. The van der Waals surface area contributed by atoms with Crippen molar-refractivity contribution in [2.45, 2.75) is 38.9 Å². The average molecular weight is 258 g/mol. The van der Waals surface area contributed by atoms with Crippen LogP contribution in [0.5, 0.6) is 0 Å². The van der Waals surface area contributed by atoms with E-state index in [1.165, 1.54) is 29.3 Å². The van der Waals surface area contributed by atoms with Crippen molar-refractivity contribution in [1.29, 1.82) is 0 Å². The number of hydrogen-bond acceptors (Lipinski definition) is 2. The second kappa shape index (κ2) is 5.35. The summed E-state index contributed by atoms with van der Waals surface area (Å²) in [5.74, 6) is 0.295. The zero-order chi connectivity index (χ0) is 13.2. The molecule has 0 spiro atoms. The Bertz CT molecular complexity index is 557. The van der Waals surface area contributed by atoms with Crippen molar-refractivity contribution in [2.75, 3.05) is 6.61 Å². The molecular formula is C16H22N2O. The van der Waals surface area contributed by atoms with E-state index in [4.69, 9.17) is 0 Å². The Balaban J connectivity index is 1.83. The van der Waals surface area contributed by atoms with Crippen molar-refractivity contribution in [3.8, 4) is 0 Å². The Morgan fingerprint density at radius 1 is 1.37 bits per heavy atom. The Labute approximate surface area is 114 Å². The maximum absolute atomic E-state index is 9.19. The van der Waals surface area contributed by atoms with Gasteiger partial charge in [-0.25, -0.2) is 0 Å². The van der Waals surface area contributed by atoms with Gasteiger partial charge in [0.2, 0.25) is 0 Å². The number of aromatic nitrogens is 1. The fraction of sp³-hybridized carbons (Fsp3) is 0.500. The monoisotopic (exact) mass is 258 g/mol. The van der Waals surface area contributed by atoms with Gasteiger partial charge in [-0.2, -0.15) is 0 Å². The van der Waals surface area contributed by atoms with Gasteiger partial charge in [-0.15, -0.1) is 0 Å². The molecule has 1 fully saturated rings. The largest absolute Gasteiger partial charge is 0.396 e. The number of benzene rings is 1. The molecule has 19 heavy (non-hydrogen) atoms. The number of fused-ring (bicyclic) bond motifs is 1. The van der Waals surface area contributed by atoms with E-state index in [0.29, 0.717) is 5.92 Å². The normalized spacial score (nSPS) is 16.9. The van der Waals surface area contributed by atoms with Crippen LogP contribution in [0, 0.1) is 5.92 Å². The zero-order valence-corrected chi connectivity index (χ0v) is 11.5. The van der Waals surface area contributed by atoms with E-state index < -0.39 is 0 Å². The molecule has 0 radical (unpaired) electrons. The molecule has 2 N–H and O–H groups in total. The molecule has 3 rings (SSSR count). The highest BCUT2D eigenvalue weighted by Gasteiger charge is 2.20. The summed E-state index contributed by atoms with van der Waals surface area (Å²) in [6, 6.07) is 9.44. The number of nitrogens with one attached hydrogen (secondary N) is 1. The lowest BCUT2D eigenvalue weighted by atomic mass is 10.1. The van der Waals surface area contributed by atoms with Crippen molar-refractivity contribution >= 4 is 10.9 Å². The zero-order valence-electron chi connectivity index (χ0n) is 11.5. The first-order chi connectivity index (χ1) is 9.28. The quantitative estimate of drug-likeness (QED) is 0.835. The highest BCUT2D eigenvalue weighted by molar-refractivity contribution is 5.83. The van der Waals surface area contributed by atoms with Gasteiger partial charge < -0.3 is 15.0 Å². The fourth-order valence-corrected chi connectivity index (χ4v) is 2.54. The van der Waals surface area contributed by atoms with Gasteiger partial charge in [0.1, 0.15) is 0 Å². The summed E-state index contributed by atoms with van der Waals surface area (Å²) in [4.78, 5) is 0. The predicted octanol–water partition coefficient (Wildman–Crippen LogP) is 2.52. The van der Waals surface area contributed by atoms with Crippen molar-refractivity contribution in [2.24, 2.45) is 5.92 Å². The molecule has 0 amide bonds. The summed E-state index contributed by atoms with van der Waals surface area (Å²) in [5.41, 5.74) is 2.65. The molecule has 1 atom stereocenters. The Morgan fingerprint density at radius 3 is 2.95 bits per heavy atom. The van der Waals surface area contributed by atoms with Crippen LogP contribution in [0.2, 0.25) is 0 Å². The third-order valence-corrected chi connectivity index (χ3v) is 3.88. The molecule has 2 aromatic rings. The van der Waals surface area contributed by atoms with Gasteiger partial charge in [-0.1, -0.05) is 19.1 Å². The smallest absolute Gasteiger partial charge is 0.0483 e. The van der Waals surface area contributed by atoms with Gasteiger partial charge in [0.25, 0.3) is 0 Å². The topological polar surface area (TPSA) is 37.2 Å². The molecular weight excluding hydrogens is 236 g/mol. The third-order valence-electron chi connectivity index (χ3n) is 3.88. The van der Waals surface area contributed by atoms with E-state index in [2.05, 4.69) is 47.3 Å². The van der Waals surface area contributed by atoms with Crippen molar-refractivity contribution in [3.63, 3.8) is 0 Å². The van der Waals surface area contributed by atoms with Crippen molar-refractivity contribution in [1.82, 2.24) is 9.88 Å². The van der Waals surface area contributed by atoms with Crippen LogP contribution in [0.3, 0.4) is 0 Å². The summed E-state index contributed by atoms with van der Waals surface area (Å²) in [6.07, 6.45) is 4.79. The van der Waals surface area contributed by atoms with Crippen LogP contribution in [-0.4, -0.2) is 22.3 Å². The molecule has 0 bridgehead atoms. The van der Waals surface area contributed by atoms with Crippen LogP contribution in [0.1, 0.15) is 25.3 Å². The van der Waals surface area contributed by atoms with E-state index in [1.54, 1.807) is 0 Å². The van der Waals surface area contributed by atoms with E-state index in [-0.39, 0.29) is 6.61 Å². The third kappa shape index (κ3) is 2.82. The van der Waals surface area contributed by atoms with E-state index in [0.717, 1.165) is 19.1 Å². The van der Waals surface area contributed by atoms with E-state index in [9.17, 15) is 5.11 Å². The highest BCUT2D eigenvalue weighted by Crippen LogP contribution is 2.23. The predicted molar refractivity (Wildman–Crippen MR) is 78.0 cm³/mol. The molecule has 1 aliphatic carbocycles. The minimum absolute atomic E-state index is 0.239. The fourth-order valence-electron chi connectivity index (χ4n) is 2.54. The molecule has 3 heteroatoms. The minimum Gasteiger partial charge on any atom is -0.396 e. The summed E-state index contributed by atoms with van der Waals surface area (Å²) in [5, 5.41) is 14.1. The molecule has 1 aliphatic rings. The van der Waals surface area contributed by atoms with Gasteiger partial charge >= 0.3 is 0 Å². The number of aliphatic hydroxyl groups is 1. The van der Waals surface area contributed by atoms with Crippen LogP contribution in [0.15, 0.2) is 30.5 Å². The molecule has 1 unspecified atom stereocenters. The van der Waals surface area contributed by atoms with E-state index >= 15 is 0 Å². The summed E-state index contributed by atoms with van der Waals surface area (Å²) in [7, 11) is 0. The second-order valence-electron chi connectivity index (χ2n) is 5.76. The first kappa shape index (κ1) is 12.7. The number of nitrogens with zero attached hydrogens (tertiary/aromatic N) is 1. The van der Waals surface area contributed by atoms with E-state index in [1.807, 2.05) is 0 Å². The first-order valence-corrected chi connectivity index (χ1v) is 7.19. The van der Waals surface area contributed by atoms with Crippen LogP contribution < -0.4 is 5.32 Å². The van der Waals surface area contributed by atoms with Gasteiger partial charge in [-0.3, -0.25) is 0 Å². The molecule has 1 aromatic carbocycles. The maximum atomic E-state index is 9.19. The standard InChI is InChI=1S/C16H22N2O/c1-12(11-19)10-18-8-7-15-13(3-2-4-16(15)18)9-17-14-5-6-14/h2-4,7-8,12,14,17,19H,5-6,9-11H2,1H3. The first-order valence-electron chi connectivity index (χ1n) is 7.19. The molecule has 1 heterocycles. The van der Waals surface area contributed by atoms with Gasteiger partial charge in [0, 0.05) is 42.8 Å². The second-order valence-corrected chi connectivity index (χ2v) is 5.76. The highest BCUT2D eigenvalue weighted by atomic mass is 16.3. The molecule has 0 aliphatic heterocycles. The van der Waals surface area contributed by atoms with Crippen LogP contribution in [0.25, 0.3) is 10.9 Å². The summed E-state index contributed by atoms with van der Waals surface area (Å²) in [6.45, 7) is 4.15. The number of rotatable bonds is 6. The number of aliphatic hydroxyl groups excluding tert-OH is 1. The Kier molecular flexibility index (Phi) is 3.58. The summed E-state index contributed by atoms with van der Waals surface area (Å²) < 4.78 is 2.25. The van der Waals surface area contributed by atoms with Gasteiger partial charge in [0.05, 0.1) is 0 Å². The van der Waals surface area contributed by atoms with Crippen molar-refractivity contribution < 1.29 is 5.11 Å². The van der Waals surface area contributed by atoms with Gasteiger partial charge in [0.15, 0.2) is 0 Å². The SMILES string of the molecule is CC(CO)Cn1ccc2c(CNC3CC3)cccc21. The Morgan fingerprint density at radius 2 is 2.21 bits per heavy atom. The maximum Gasteiger partial charge on any atom is 0.0483 e. The minimum atomic E-state index is 0.239. The lowest BCUT2D eigenvalue weighted by Crippen LogP contribution is -2.15. The average Bonchev–Trinajstić information content (AvgIpc) is 3.18. The molecule has 1 aromatic heterocycles. The van der Waals surface area contributed by atoms with Crippen LogP contribution in [0.4, 0.5) is 0 Å². The van der Waals surface area contributed by atoms with Crippen LogP contribution >= 0.6 is 0 Å². The molecule has 3 nitrogen and oxygen atoms in total. The van der Waals surface area contributed by atoms with Crippen LogP contribution in [-0.2, 0) is 13.1 Å². The van der Waals surface area contributed by atoms with Crippen molar-refractivity contribution in [3.05, 3.63) is 36.0 Å². The molecule has 102 valence electrons. The lowest BCUT2D eigenvalue weighted by molar-refractivity contribution is 0.224.